The largest absolute Gasteiger partial charge is 0.508 e. The Balaban J connectivity index is 2.58. The minimum absolute atomic E-state index is 0.0793. The van der Waals surface area contributed by atoms with Crippen LogP contribution >= 0.6 is 11.6 Å². The van der Waals surface area contributed by atoms with E-state index in [1.54, 1.807) is 12.1 Å². The molecule has 0 unspecified atom stereocenters. The minimum Gasteiger partial charge on any atom is -0.508 e. The lowest BCUT2D eigenvalue weighted by molar-refractivity contribution is 0.469. The number of benzene rings is 2. The molecule has 2 aromatic rings. The lowest BCUT2D eigenvalue weighted by Crippen LogP contribution is -1.85. The van der Waals surface area contributed by atoms with E-state index in [2.05, 4.69) is 0 Å². The van der Waals surface area contributed by atoms with Crippen LogP contribution in [0, 0.1) is 12.7 Å². The molecule has 0 radical (unpaired) electrons. The molecule has 0 fully saturated rings. The van der Waals surface area contributed by atoms with Crippen molar-refractivity contribution < 1.29 is 9.50 Å². The number of phenolic OH excluding ortho intramolecular Hbond substituents is 1. The quantitative estimate of drug-likeness (QED) is 0.788. The summed E-state index contributed by atoms with van der Waals surface area (Å²) < 4.78 is 13.1. The highest BCUT2D eigenvalue weighted by Crippen LogP contribution is 2.29. The molecule has 16 heavy (non-hydrogen) atoms. The minimum atomic E-state index is -0.454. The fourth-order valence-electron chi connectivity index (χ4n) is 1.68. The average Bonchev–Trinajstić information content (AvgIpc) is 2.15. The number of aryl methyl sites for hydroxylation is 1. The Morgan fingerprint density at radius 1 is 1.12 bits per heavy atom. The molecule has 0 heterocycles. The number of aromatic hydroxyl groups is 1. The van der Waals surface area contributed by atoms with Crippen LogP contribution in [-0.2, 0) is 0 Å². The van der Waals surface area contributed by atoms with Gasteiger partial charge in [0.1, 0.15) is 11.6 Å². The van der Waals surface area contributed by atoms with Crippen molar-refractivity contribution in [2.75, 3.05) is 0 Å². The van der Waals surface area contributed by atoms with E-state index in [1.807, 2.05) is 13.0 Å². The monoisotopic (exact) mass is 236 g/mol. The van der Waals surface area contributed by atoms with Crippen LogP contribution in [0.1, 0.15) is 5.56 Å². The van der Waals surface area contributed by atoms with Gasteiger partial charge in [-0.1, -0.05) is 17.7 Å². The third-order valence-corrected chi connectivity index (χ3v) is 2.62. The summed E-state index contributed by atoms with van der Waals surface area (Å²) in [5.74, 6) is -0.534. The fraction of sp³-hybridized carbons (Fsp3) is 0.0769. The third-order valence-electron chi connectivity index (χ3n) is 2.38. The van der Waals surface area contributed by atoms with E-state index in [1.165, 1.54) is 12.1 Å². The Bertz CT molecular complexity index is 517. The van der Waals surface area contributed by atoms with Crippen LogP contribution in [0.3, 0.4) is 0 Å². The van der Waals surface area contributed by atoms with Crippen molar-refractivity contribution in [3.63, 3.8) is 0 Å². The van der Waals surface area contributed by atoms with Gasteiger partial charge < -0.3 is 5.11 Å². The second-order valence-corrected chi connectivity index (χ2v) is 4.09. The smallest absolute Gasteiger partial charge is 0.127 e. The zero-order chi connectivity index (χ0) is 11.7. The molecular weight excluding hydrogens is 227 g/mol. The van der Waals surface area contributed by atoms with Crippen LogP contribution in [0.5, 0.6) is 5.75 Å². The van der Waals surface area contributed by atoms with Gasteiger partial charge >= 0.3 is 0 Å². The average molecular weight is 237 g/mol. The number of rotatable bonds is 1. The highest BCUT2D eigenvalue weighted by Gasteiger charge is 2.05. The SMILES string of the molecule is Cc1cc(Cl)ccc1-c1cc(O)cc(F)c1. The third kappa shape index (κ3) is 2.17. The zero-order valence-corrected chi connectivity index (χ0v) is 9.42. The summed E-state index contributed by atoms with van der Waals surface area (Å²) in [7, 11) is 0. The van der Waals surface area contributed by atoms with Gasteiger partial charge in [-0.05, 0) is 47.9 Å². The van der Waals surface area contributed by atoms with Crippen LogP contribution < -0.4 is 0 Å². The molecule has 2 aromatic carbocycles. The van der Waals surface area contributed by atoms with Gasteiger partial charge in [0.15, 0.2) is 0 Å². The highest BCUT2D eigenvalue weighted by molar-refractivity contribution is 6.30. The van der Waals surface area contributed by atoms with Crippen molar-refractivity contribution in [2.24, 2.45) is 0 Å². The number of hydrogen-bond acceptors (Lipinski definition) is 1. The maximum absolute atomic E-state index is 13.1. The van der Waals surface area contributed by atoms with Gasteiger partial charge in [0.05, 0.1) is 0 Å². The lowest BCUT2D eigenvalue weighted by Gasteiger charge is -2.07. The van der Waals surface area contributed by atoms with Crippen molar-refractivity contribution in [3.8, 4) is 16.9 Å². The highest BCUT2D eigenvalue weighted by atomic mass is 35.5. The van der Waals surface area contributed by atoms with E-state index < -0.39 is 5.82 Å². The molecule has 0 aliphatic carbocycles. The first-order chi connectivity index (χ1) is 7.56. The van der Waals surface area contributed by atoms with E-state index in [-0.39, 0.29) is 5.75 Å². The predicted molar refractivity (Wildman–Crippen MR) is 63.2 cm³/mol. The number of halogens is 2. The van der Waals surface area contributed by atoms with E-state index >= 15 is 0 Å². The standard InChI is InChI=1S/C13H10ClFO/c1-8-4-10(14)2-3-13(8)9-5-11(15)7-12(16)6-9/h2-7,16H,1H3. The molecule has 0 amide bonds. The molecule has 82 valence electrons. The first-order valence-electron chi connectivity index (χ1n) is 4.82. The molecule has 0 saturated heterocycles. The Morgan fingerprint density at radius 2 is 1.88 bits per heavy atom. The van der Waals surface area contributed by atoms with E-state index in [4.69, 9.17) is 11.6 Å². The summed E-state index contributed by atoms with van der Waals surface area (Å²) in [6.07, 6.45) is 0. The maximum Gasteiger partial charge on any atom is 0.127 e. The lowest BCUT2D eigenvalue weighted by atomic mass is 10.0. The molecule has 0 spiro atoms. The molecule has 0 saturated carbocycles. The van der Waals surface area contributed by atoms with Gasteiger partial charge in [-0.15, -0.1) is 0 Å². The first kappa shape index (κ1) is 11.0. The summed E-state index contributed by atoms with van der Waals surface area (Å²) in [4.78, 5) is 0. The van der Waals surface area contributed by atoms with Crippen molar-refractivity contribution in [3.05, 3.63) is 52.8 Å². The van der Waals surface area contributed by atoms with Gasteiger partial charge in [0.25, 0.3) is 0 Å². The van der Waals surface area contributed by atoms with E-state index in [0.29, 0.717) is 10.6 Å². The maximum atomic E-state index is 13.1. The summed E-state index contributed by atoms with van der Waals surface area (Å²) in [5.41, 5.74) is 2.45. The van der Waals surface area contributed by atoms with Crippen molar-refractivity contribution >= 4 is 11.6 Å². The van der Waals surface area contributed by atoms with Crippen LogP contribution in [0.15, 0.2) is 36.4 Å². The van der Waals surface area contributed by atoms with E-state index in [9.17, 15) is 9.50 Å². The summed E-state index contributed by atoms with van der Waals surface area (Å²) in [6.45, 7) is 1.89. The molecule has 3 heteroatoms. The zero-order valence-electron chi connectivity index (χ0n) is 8.67. The summed E-state index contributed by atoms with van der Waals surface area (Å²) in [6, 6.07) is 9.35. The van der Waals surface area contributed by atoms with Crippen molar-refractivity contribution in [2.45, 2.75) is 6.92 Å². The van der Waals surface area contributed by atoms with Crippen LogP contribution in [-0.4, -0.2) is 5.11 Å². The number of phenols is 1. The summed E-state index contributed by atoms with van der Waals surface area (Å²) in [5, 5.41) is 9.98. The molecule has 0 aliphatic rings. The molecule has 2 rings (SSSR count). The second kappa shape index (κ2) is 4.14. The summed E-state index contributed by atoms with van der Waals surface area (Å²) >= 11 is 5.84. The van der Waals surface area contributed by atoms with Gasteiger partial charge in [-0.3, -0.25) is 0 Å². The molecule has 0 aromatic heterocycles. The Kier molecular flexibility index (Phi) is 2.84. The van der Waals surface area contributed by atoms with Gasteiger partial charge in [-0.2, -0.15) is 0 Å². The van der Waals surface area contributed by atoms with Gasteiger partial charge in [-0.25, -0.2) is 4.39 Å². The Labute approximate surface area is 98.1 Å². The molecule has 0 atom stereocenters. The van der Waals surface area contributed by atoms with Crippen LogP contribution in [0.25, 0.3) is 11.1 Å². The van der Waals surface area contributed by atoms with Crippen molar-refractivity contribution in [1.82, 2.24) is 0 Å². The number of hydrogen-bond donors (Lipinski definition) is 1. The normalized spacial score (nSPS) is 10.4. The molecule has 0 bridgehead atoms. The Hall–Kier alpha value is -1.54. The van der Waals surface area contributed by atoms with Crippen LogP contribution in [0.4, 0.5) is 4.39 Å². The van der Waals surface area contributed by atoms with Crippen LogP contribution in [0.2, 0.25) is 5.02 Å². The van der Waals surface area contributed by atoms with Gasteiger partial charge in [0, 0.05) is 11.1 Å². The molecule has 0 aliphatic heterocycles. The predicted octanol–water partition coefficient (Wildman–Crippen LogP) is 4.16. The van der Waals surface area contributed by atoms with Crippen molar-refractivity contribution in [1.29, 1.82) is 0 Å². The molecule has 1 N–H and O–H groups in total. The van der Waals surface area contributed by atoms with Gasteiger partial charge in [0.2, 0.25) is 0 Å². The molecule has 1 nitrogen and oxygen atoms in total. The molecular formula is C13H10ClFO. The topological polar surface area (TPSA) is 20.2 Å². The van der Waals surface area contributed by atoms with E-state index in [0.717, 1.165) is 17.2 Å². The fourth-order valence-corrected chi connectivity index (χ4v) is 1.91. The Morgan fingerprint density at radius 3 is 2.50 bits per heavy atom. The first-order valence-corrected chi connectivity index (χ1v) is 5.20. The second-order valence-electron chi connectivity index (χ2n) is 3.66.